The number of hydrogen-bond acceptors (Lipinski definition) is 3. The molecule has 1 fully saturated rings. The normalized spacial score (nSPS) is 22.2. The van der Waals surface area contributed by atoms with Gasteiger partial charge < -0.3 is 10.6 Å². The molecule has 0 radical (unpaired) electrons. The van der Waals surface area contributed by atoms with E-state index in [2.05, 4.69) is 4.98 Å². The molecule has 1 saturated carbocycles. The summed E-state index contributed by atoms with van der Waals surface area (Å²) in [6.45, 7) is 3.27. The zero-order valence-electron chi connectivity index (χ0n) is 10.7. The molecular weight excluding hydrogens is 226 g/mol. The average molecular weight is 245 g/mol. The first-order chi connectivity index (χ1) is 8.59. The van der Waals surface area contributed by atoms with Gasteiger partial charge in [0, 0.05) is 31.4 Å². The fourth-order valence-corrected chi connectivity index (χ4v) is 2.74. The fourth-order valence-electron chi connectivity index (χ4n) is 2.74. The van der Waals surface area contributed by atoms with Crippen molar-refractivity contribution >= 4 is 5.91 Å². The molecule has 0 spiro atoms. The number of pyridine rings is 1. The summed E-state index contributed by atoms with van der Waals surface area (Å²) in [5.41, 5.74) is 7.80. The van der Waals surface area contributed by atoms with Gasteiger partial charge in [-0.1, -0.05) is 6.07 Å². The van der Waals surface area contributed by atoms with Crippen LogP contribution in [0, 0.1) is 5.92 Å². The second kappa shape index (κ2) is 4.05. The second-order valence-corrected chi connectivity index (χ2v) is 5.64. The smallest absolute Gasteiger partial charge is 0.242 e. The van der Waals surface area contributed by atoms with Gasteiger partial charge in [0.25, 0.3) is 0 Å². The average Bonchev–Trinajstić information content (AvgIpc) is 3.22. The lowest BCUT2D eigenvalue weighted by atomic mass is 9.93. The maximum Gasteiger partial charge on any atom is 0.242 e. The van der Waals surface area contributed by atoms with Crippen molar-refractivity contribution < 1.29 is 4.79 Å². The molecule has 1 aliphatic carbocycles. The standard InChI is InChI=1S/C14H19N3O/c1-14(15,11-4-5-11)13(18)17-8-6-12-10(9-17)3-2-7-16-12/h2-3,7,11H,4-6,8-9,15H2,1H3. The number of carbonyl (C=O) groups is 1. The quantitative estimate of drug-likeness (QED) is 0.848. The SMILES string of the molecule is CC(N)(C(=O)N1CCc2ncccc2C1)C1CC1. The van der Waals surface area contributed by atoms with Crippen molar-refractivity contribution in [3.05, 3.63) is 29.6 Å². The highest BCUT2D eigenvalue weighted by molar-refractivity contribution is 5.86. The Hall–Kier alpha value is -1.42. The van der Waals surface area contributed by atoms with Gasteiger partial charge in [-0.2, -0.15) is 0 Å². The molecule has 18 heavy (non-hydrogen) atoms. The summed E-state index contributed by atoms with van der Waals surface area (Å²) in [5.74, 6) is 0.472. The van der Waals surface area contributed by atoms with Crippen LogP contribution < -0.4 is 5.73 Å². The maximum absolute atomic E-state index is 12.5. The van der Waals surface area contributed by atoms with Crippen molar-refractivity contribution in [2.75, 3.05) is 6.54 Å². The van der Waals surface area contributed by atoms with Crippen LogP contribution >= 0.6 is 0 Å². The maximum atomic E-state index is 12.5. The van der Waals surface area contributed by atoms with E-state index in [1.165, 1.54) is 0 Å². The molecule has 3 rings (SSSR count). The number of nitrogens with two attached hydrogens (primary N) is 1. The van der Waals surface area contributed by atoms with Crippen molar-refractivity contribution in [3.8, 4) is 0 Å². The van der Waals surface area contributed by atoms with Crippen LogP contribution in [-0.4, -0.2) is 27.9 Å². The molecule has 2 heterocycles. The van der Waals surface area contributed by atoms with E-state index >= 15 is 0 Å². The van der Waals surface area contributed by atoms with Crippen LogP contribution in [0.4, 0.5) is 0 Å². The number of nitrogens with zero attached hydrogens (tertiary/aromatic N) is 2. The lowest BCUT2D eigenvalue weighted by Gasteiger charge is -2.34. The summed E-state index contributed by atoms with van der Waals surface area (Å²) in [6.07, 6.45) is 4.83. The van der Waals surface area contributed by atoms with Crippen LogP contribution in [0.15, 0.2) is 18.3 Å². The molecule has 2 N–H and O–H groups in total. The predicted octanol–water partition coefficient (Wildman–Crippen LogP) is 1.09. The first-order valence-corrected chi connectivity index (χ1v) is 6.60. The topological polar surface area (TPSA) is 59.2 Å². The van der Waals surface area contributed by atoms with E-state index in [-0.39, 0.29) is 5.91 Å². The minimum absolute atomic E-state index is 0.0968. The van der Waals surface area contributed by atoms with E-state index in [0.717, 1.165) is 37.1 Å². The van der Waals surface area contributed by atoms with Gasteiger partial charge >= 0.3 is 0 Å². The van der Waals surface area contributed by atoms with Crippen molar-refractivity contribution in [2.45, 2.75) is 38.3 Å². The largest absolute Gasteiger partial charge is 0.336 e. The van der Waals surface area contributed by atoms with E-state index in [1.54, 1.807) is 0 Å². The van der Waals surface area contributed by atoms with Gasteiger partial charge in [-0.15, -0.1) is 0 Å². The molecule has 1 unspecified atom stereocenters. The van der Waals surface area contributed by atoms with Crippen molar-refractivity contribution in [1.29, 1.82) is 0 Å². The van der Waals surface area contributed by atoms with E-state index in [4.69, 9.17) is 5.73 Å². The number of hydrogen-bond donors (Lipinski definition) is 1. The molecule has 96 valence electrons. The molecule has 1 atom stereocenters. The lowest BCUT2D eigenvalue weighted by Crippen LogP contribution is -2.55. The number of rotatable bonds is 2. The summed E-state index contributed by atoms with van der Waals surface area (Å²) in [7, 11) is 0. The van der Waals surface area contributed by atoms with Gasteiger partial charge in [0.2, 0.25) is 5.91 Å². The zero-order chi connectivity index (χ0) is 12.8. The van der Waals surface area contributed by atoms with Crippen LogP contribution in [-0.2, 0) is 17.8 Å². The monoisotopic (exact) mass is 245 g/mol. The number of fused-ring (bicyclic) bond motifs is 1. The van der Waals surface area contributed by atoms with Crippen molar-refractivity contribution in [1.82, 2.24) is 9.88 Å². The molecular formula is C14H19N3O. The van der Waals surface area contributed by atoms with Gasteiger partial charge in [-0.25, -0.2) is 0 Å². The summed E-state index contributed by atoms with van der Waals surface area (Å²) in [5, 5.41) is 0. The third kappa shape index (κ3) is 1.90. The Balaban J connectivity index is 1.77. The third-order valence-electron chi connectivity index (χ3n) is 4.14. The first kappa shape index (κ1) is 11.7. The Morgan fingerprint density at radius 3 is 3.06 bits per heavy atom. The van der Waals surface area contributed by atoms with Crippen molar-refractivity contribution in [2.24, 2.45) is 11.7 Å². The molecule has 1 aromatic rings. The Morgan fingerprint density at radius 1 is 1.56 bits per heavy atom. The Morgan fingerprint density at radius 2 is 2.33 bits per heavy atom. The highest BCUT2D eigenvalue weighted by Gasteiger charge is 2.46. The van der Waals surface area contributed by atoms with Crippen LogP contribution in [0.3, 0.4) is 0 Å². The summed E-state index contributed by atoms with van der Waals surface area (Å²) >= 11 is 0. The van der Waals surface area contributed by atoms with Gasteiger partial charge in [0.1, 0.15) is 0 Å². The van der Waals surface area contributed by atoms with Crippen LogP contribution in [0.2, 0.25) is 0 Å². The summed E-state index contributed by atoms with van der Waals surface area (Å²) < 4.78 is 0. The van der Waals surface area contributed by atoms with E-state index < -0.39 is 5.54 Å². The number of aromatic nitrogens is 1. The molecule has 1 aromatic heterocycles. The molecule has 4 heteroatoms. The van der Waals surface area contributed by atoms with Crippen LogP contribution in [0.1, 0.15) is 31.0 Å². The molecule has 0 bridgehead atoms. The Kier molecular flexibility index (Phi) is 2.63. The minimum Gasteiger partial charge on any atom is -0.336 e. The number of carbonyl (C=O) groups excluding carboxylic acids is 1. The second-order valence-electron chi connectivity index (χ2n) is 5.64. The van der Waals surface area contributed by atoms with Crippen molar-refractivity contribution in [3.63, 3.8) is 0 Å². The van der Waals surface area contributed by atoms with E-state index in [9.17, 15) is 4.79 Å². The lowest BCUT2D eigenvalue weighted by molar-refractivity contribution is -0.138. The third-order valence-corrected chi connectivity index (χ3v) is 4.14. The summed E-state index contributed by atoms with van der Waals surface area (Å²) in [6, 6.07) is 3.97. The summed E-state index contributed by atoms with van der Waals surface area (Å²) in [4.78, 5) is 18.7. The molecule has 2 aliphatic rings. The minimum atomic E-state index is -0.681. The van der Waals surface area contributed by atoms with E-state index in [0.29, 0.717) is 12.5 Å². The fraction of sp³-hybridized carbons (Fsp3) is 0.571. The predicted molar refractivity (Wildman–Crippen MR) is 68.7 cm³/mol. The Labute approximate surface area is 107 Å². The van der Waals surface area contributed by atoms with Crippen LogP contribution in [0.5, 0.6) is 0 Å². The molecule has 0 saturated heterocycles. The molecule has 1 aliphatic heterocycles. The van der Waals surface area contributed by atoms with Crippen LogP contribution in [0.25, 0.3) is 0 Å². The Bertz CT molecular complexity index is 480. The van der Waals surface area contributed by atoms with Gasteiger partial charge in [0.15, 0.2) is 0 Å². The zero-order valence-corrected chi connectivity index (χ0v) is 10.7. The van der Waals surface area contributed by atoms with E-state index in [1.807, 2.05) is 30.2 Å². The van der Waals surface area contributed by atoms with Gasteiger partial charge in [-0.3, -0.25) is 9.78 Å². The molecule has 0 aromatic carbocycles. The highest BCUT2D eigenvalue weighted by atomic mass is 16.2. The highest BCUT2D eigenvalue weighted by Crippen LogP contribution is 2.39. The molecule has 1 amide bonds. The number of amides is 1. The van der Waals surface area contributed by atoms with Gasteiger partial charge in [0.05, 0.1) is 5.54 Å². The molecule has 4 nitrogen and oxygen atoms in total. The first-order valence-electron chi connectivity index (χ1n) is 6.60. The van der Waals surface area contributed by atoms with Gasteiger partial charge in [-0.05, 0) is 37.3 Å².